The Morgan fingerprint density at radius 2 is 1.84 bits per heavy atom. The van der Waals surface area contributed by atoms with E-state index in [-0.39, 0.29) is 5.91 Å². The molecular formula is C21H23N3O. The van der Waals surface area contributed by atoms with Gasteiger partial charge in [0.05, 0.1) is 5.52 Å². The second-order valence-corrected chi connectivity index (χ2v) is 6.65. The number of carbonyl (C=O) groups excluding carboxylic acids is 1. The summed E-state index contributed by atoms with van der Waals surface area (Å²) in [6.07, 6.45) is 3.51. The number of rotatable bonds is 5. The normalized spacial score (nSPS) is 14.0. The average molecular weight is 333 g/mol. The van der Waals surface area contributed by atoms with E-state index in [4.69, 9.17) is 5.73 Å². The molecule has 3 aromatic rings. The maximum Gasteiger partial charge on any atom is 0.231 e. The minimum Gasteiger partial charge on any atom is -0.398 e. The van der Waals surface area contributed by atoms with E-state index in [1.54, 1.807) is 0 Å². The molecule has 128 valence electrons. The number of fused-ring (bicyclic) bond motifs is 3. The molecule has 2 heterocycles. The second kappa shape index (κ2) is 6.73. The van der Waals surface area contributed by atoms with Crippen LogP contribution in [0.4, 0.5) is 5.69 Å². The van der Waals surface area contributed by atoms with E-state index in [0.717, 1.165) is 49.1 Å². The molecule has 0 unspecified atom stereocenters. The molecule has 0 amide bonds. The lowest BCUT2D eigenvalue weighted by atomic mass is 10.0. The Bertz CT molecular complexity index is 926. The third-order valence-corrected chi connectivity index (χ3v) is 5.06. The molecule has 0 saturated carbocycles. The fourth-order valence-corrected chi connectivity index (χ4v) is 3.84. The number of para-hydroxylation sites is 2. The third kappa shape index (κ3) is 2.94. The molecule has 1 aliphatic rings. The molecule has 4 nitrogen and oxygen atoms in total. The standard InChI is InChI=1S/C21H23N3O/c22-18-8-3-1-6-15(18)14-23-13-12-17-16-7-2-4-9-19(16)24-20(17)10-5-11-21(24)25/h1-4,6-9,23H,5,10-14,22H2. The summed E-state index contributed by atoms with van der Waals surface area (Å²) in [5, 5.41) is 4.71. The summed E-state index contributed by atoms with van der Waals surface area (Å²) < 4.78 is 1.95. The van der Waals surface area contributed by atoms with Crippen LogP contribution in [0.1, 0.15) is 34.5 Å². The predicted octanol–water partition coefficient (Wildman–Crippen LogP) is 3.53. The van der Waals surface area contributed by atoms with Gasteiger partial charge in [-0.25, -0.2) is 0 Å². The van der Waals surface area contributed by atoms with Crippen molar-refractivity contribution < 1.29 is 4.79 Å². The lowest BCUT2D eigenvalue weighted by Gasteiger charge is -2.16. The van der Waals surface area contributed by atoms with Gasteiger partial charge in [0.1, 0.15) is 0 Å². The van der Waals surface area contributed by atoms with Gasteiger partial charge in [0.15, 0.2) is 0 Å². The third-order valence-electron chi connectivity index (χ3n) is 5.06. The molecule has 0 bridgehead atoms. The highest BCUT2D eigenvalue weighted by Gasteiger charge is 2.23. The van der Waals surface area contributed by atoms with Gasteiger partial charge in [0, 0.05) is 29.7 Å². The maximum atomic E-state index is 12.4. The Morgan fingerprint density at radius 1 is 1.04 bits per heavy atom. The van der Waals surface area contributed by atoms with Crippen LogP contribution in [0.15, 0.2) is 48.5 Å². The largest absolute Gasteiger partial charge is 0.398 e. The highest BCUT2D eigenvalue weighted by molar-refractivity contribution is 5.96. The minimum absolute atomic E-state index is 0.230. The number of hydrogen-bond donors (Lipinski definition) is 2. The lowest BCUT2D eigenvalue weighted by Crippen LogP contribution is -2.21. The quantitative estimate of drug-likeness (QED) is 0.555. The van der Waals surface area contributed by atoms with E-state index in [1.807, 2.05) is 28.8 Å². The number of nitrogens with one attached hydrogen (secondary N) is 1. The number of nitrogens with zero attached hydrogens (tertiary/aromatic N) is 1. The number of benzene rings is 2. The van der Waals surface area contributed by atoms with Gasteiger partial charge in [-0.1, -0.05) is 36.4 Å². The first kappa shape index (κ1) is 15.9. The fraction of sp³-hybridized carbons (Fsp3) is 0.286. The van der Waals surface area contributed by atoms with E-state index in [9.17, 15) is 4.79 Å². The molecule has 1 aromatic heterocycles. The van der Waals surface area contributed by atoms with E-state index < -0.39 is 0 Å². The molecular weight excluding hydrogens is 310 g/mol. The van der Waals surface area contributed by atoms with Crippen LogP contribution >= 0.6 is 0 Å². The molecule has 0 fully saturated rings. The van der Waals surface area contributed by atoms with E-state index >= 15 is 0 Å². The molecule has 4 rings (SSSR count). The summed E-state index contributed by atoms with van der Waals surface area (Å²) in [5.41, 5.74) is 11.5. The molecule has 0 spiro atoms. The van der Waals surface area contributed by atoms with Gasteiger partial charge in [0.25, 0.3) is 0 Å². The van der Waals surface area contributed by atoms with Crippen molar-refractivity contribution in [2.45, 2.75) is 32.2 Å². The van der Waals surface area contributed by atoms with Crippen molar-refractivity contribution in [1.29, 1.82) is 0 Å². The molecule has 0 atom stereocenters. The zero-order valence-corrected chi connectivity index (χ0v) is 14.3. The topological polar surface area (TPSA) is 60.0 Å². The van der Waals surface area contributed by atoms with Gasteiger partial charge in [0.2, 0.25) is 5.91 Å². The summed E-state index contributed by atoms with van der Waals surface area (Å²) in [6.45, 7) is 1.63. The highest BCUT2D eigenvalue weighted by Crippen LogP contribution is 2.30. The Labute approximate surface area is 147 Å². The Balaban J connectivity index is 1.54. The number of aromatic nitrogens is 1. The van der Waals surface area contributed by atoms with Crippen molar-refractivity contribution in [2.24, 2.45) is 0 Å². The summed E-state index contributed by atoms with van der Waals surface area (Å²) in [4.78, 5) is 12.4. The molecule has 1 aliphatic heterocycles. The van der Waals surface area contributed by atoms with Crippen LogP contribution in [0.2, 0.25) is 0 Å². The van der Waals surface area contributed by atoms with Gasteiger partial charge < -0.3 is 11.1 Å². The van der Waals surface area contributed by atoms with E-state index in [2.05, 4.69) is 29.6 Å². The number of anilines is 1. The first-order valence-corrected chi connectivity index (χ1v) is 8.94. The number of nitrogen functional groups attached to an aromatic ring is 1. The van der Waals surface area contributed by atoms with Crippen LogP contribution in [0.25, 0.3) is 10.9 Å². The first-order chi connectivity index (χ1) is 12.3. The summed E-state index contributed by atoms with van der Waals surface area (Å²) >= 11 is 0. The first-order valence-electron chi connectivity index (χ1n) is 8.94. The molecule has 0 radical (unpaired) electrons. The Morgan fingerprint density at radius 3 is 2.72 bits per heavy atom. The van der Waals surface area contributed by atoms with Gasteiger partial charge >= 0.3 is 0 Å². The molecule has 4 heteroatoms. The summed E-state index contributed by atoms with van der Waals surface area (Å²) in [6, 6.07) is 16.2. The molecule has 25 heavy (non-hydrogen) atoms. The molecule has 0 saturated heterocycles. The zero-order chi connectivity index (χ0) is 17.2. The average Bonchev–Trinajstić information content (AvgIpc) is 2.95. The maximum absolute atomic E-state index is 12.4. The van der Waals surface area contributed by atoms with Crippen molar-refractivity contribution in [3.8, 4) is 0 Å². The van der Waals surface area contributed by atoms with Crippen molar-refractivity contribution in [3.05, 3.63) is 65.4 Å². The fourth-order valence-electron chi connectivity index (χ4n) is 3.84. The number of carbonyl (C=O) groups is 1. The van der Waals surface area contributed by atoms with E-state index in [1.165, 1.54) is 16.6 Å². The van der Waals surface area contributed by atoms with Crippen molar-refractivity contribution in [1.82, 2.24) is 9.88 Å². The highest BCUT2D eigenvalue weighted by atomic mass is 16.2. The van der Waals surface area contributed by atoms with Crippen molar-refractivity contribution >= 4 is 22.5 Å². The zero-order valence-electron chi connectivity index (χ0n) is 14.3. The van der Waals surface area contributed by atoms with Crippen LogP contribution in [0.3, 0.4) is 0 Å². The number of nitrogens with two attached hydrogens (primary N) is 1. The summed E-state index contributed by atoms with van der Waals surface area (Å²) in [5.74, 6) is 0.230. The van der Waals surface area contributed by atoms with Crippen LogP contribution in [0, 0.1) is 0 Å². The monoisotopic (exact) mass is 333 g/mol. The van der Waals surface area contributed by atoms with Gasteiger partial charge in [-0.15, -0.1) is 0 Å². The van der Waals surface area contributed by atoms with Gasteiger partial charge in [-0.05, 0) is 49.1 Å². The molecule has 3 N–H and O–H groups in total. The van der Waals surface area contributed by atoms with Crippen LogP contribution < -0.4 is 11.1 Å². The smallest absolute Gasteiger partial charge is 0.231 e. The van der Waals surface area contributed by atoms with Crippen LogP contribution in [0.5, 0.6) is 0 Å². The molecule has 2 aromatic carbocycles. The Kier molecular flexibility index (Phi) is 4.28. The van der Waals surface area contributed by atoms with Crippen molar-refractivity contribution in [2.75, 3.05) is 12.3 Å². The van der Waals surface area contributed by atoms with Crippen LogP contribution in [-0.2, 0) is 19.4 Å². The minimum atomic E-state index is 0.230. The van der Waals surface area contributed by atoms with Gasteiger partial charge in [-0.2, -0.15) is 0 Å². The Hall–Kier alpha value is -2.59. The predicted molar refractivity (Wildman–Crippen MR) is 102 cm³/mol. The van der Waals surface area contributed by atoms with Gasteiger partial charge in [-0.3, -0.25) is 9.36 Å². The molecule has 0 aliphatic carbocycles. The summed E-state index contributed by atoms with van der Waals surface area (Å²) in [7, 11) is 0. The van der Waals surface area contributed by atoms with Crippen LogP contribution in [-0.4, -0.2) is 17.0 Å². The lowest BCUT2D eigenvalue weighted by molar-refractivity contribution is 0.0889. The SMILES string of the molecule is Nc1ccccc1CNCCc1c2n(c3ccccc13)C(=O)CCC2. The van der Waals surface area contributed by atoms with Crippen molar-refractivity contribution in [3.63, 3.8) is 0 Å². The number of hydrogen-bond acceptors (Lipinski definition) is 3. The second-order valence-electron chi connectivity index (χ2n) is 6.65. The van der Waals surface area contributed by atoms with E-state index in [0.29, 0.717) is 6.42 Å².